The molecule has 1 aliphatic carbocycles. The first kappa shape index (κ1) is 11.8. The van der Waals surface area contributed by atoms with E-state index in [9.17, 15) is 9.59 Å². The number of aromatic nitrogens is 1. The van der Waals surface area contributed by atoms with Gasteiger partial charge >= 0.3 is 5.63 Å². The van der Waals surface area contributed by atoms with E-state index in [1.54, 1.807) is 19.2 Å². The van der Waals surface area contributed by atoms with Gasteiger partial charge in [-0.15, -0.1) is 0 Å². The van der Waals surface area contributed by atoms with Crippen molar-refractivity contribution in [3.05, 3.63) is 46.4 Å². The molecule has 1 aliphatic rings. The smallest absolute Gasteiger partial charge is 0.348 e. The van der Waals surface area contributed by atoms with E-state index in [0.717, 1.165) is 12.8 Å². The van der Waals surface area contributed by atoms with Gasteiger partial charge in [0.25, 0.3) is 5.91 Å². The number of amides is 1. The Morgan fingerprint density at radius 3 is 2.63 bits per heavy atom. The summed E-state index contributed by atoms with van der Waals surface area (Å²) in [7, 11) is 1.57. The number of hydrogen-bond donors (Lipinski definition) is 1. The third-order valence-electron chi connectivity index (χ3n) is 3.17. The molecular formula is C14H14N2O3. The number of hydrogen-bond acceptors (Lipinski definition) is 3. The number of carbonyl (C=O) groups excluding carboxylic acids is 1. The summed E-state index contributed by atoms with van der Waals surface area (Å²) in [6.07, 6.45) is 2.00. The highest BCUT2D eigenvalue weighted by atomic mass is 16.5. The van der Waals surface area contributed by atoms with E-state index in [-0.39, 0.29) is 17.6 Å². The van der Waals surface area contributed by atoms with Crippen LogP contribution in [0.25, 0.3) is 11.1 Å². The Hall–Kier alpha value is -2.30. The summed E-state index contributed by atoms with van der Waals surface area (Å²) in [4.78, 5) is 24.1. The van der Waals surface area contributed by atoms with Gasteiger partial charge < -0.3 is 9.84 Å². The molecule has 0 radical (unpaired) electrons. The molecule has 1 aromatic carbocycles. The zero-order chi connectivity index (χ0) is 13.4. The van der Waals surface area contributed by atoms with E-state index in [1.807, 2.05) is 18.2 Å². The van der Waals surface area contributed by atoms with Crippen LogP contribution in [-0.4, -0.2) is 16.7 Å². The minimum absolute atomic E-state index is 0.237. The van der Waals surface area contributed by atoms with Crippen molar-refractivity contribution in [3.8, 4) is 11.1 Å². The van der Waals surface area contributed by atoms with Gasteiger partial charge in [-0.2, -0.15) is 0 Å². The molecule has 0 unspecified atom stereocenters. The maximum atomic E-state index is 12.2. The summed E-state index contributed by atoms with van der Waals surface area (Å²) in [5.74, 6) is -0.255. The number of nitrogens with zero attached hydrogens (tertiary/aromatic N) is 1. The number of rotatable bonds is 3. The molecule has 0 aliphatic heterocycles. The Kier molecular flexibility index (Phi) is 2.74. The van der Waals surface area contributed by atoms with Gasteiger partial charge in [0, 0.05) is 13.1 Å². The van der Waals surface area contributed by atoms with Crippen LogP contribution in [0.1, 0.15) is 23.3 Å². The lowest BCUT2D eigenvalue weighted by Crippen LogP contribution is -2.27. The van der Waals surface area contributed by atoms with Crippen LogP contribution in [0.3, 0.4) is 0 Å². The lowest BCUT2D eigenvalue weighted by Gasteiger charge is -2.05. The van der Waals surface area contributed by atoms with Gasteiger partial charge in [0.2, 0.25) is 0 Å². The van der Waals surface area contributed by atoms with Crippen LogP contribution >= 0.6 is 0 Å². The van der Waals surface area contributed by atoms with Gasteiger partial charge in [-0.25, -0.2) is 9.53 Å². The Bertz CT molecular complexity index is 666. The Balaban J connectivity index is 2.08. The van der Waals surface area contributed by atoms with Crippen molar-refractivity contribution >= 4 is 5.91 Å². The SMILES string of the molecule is Cn1oc(=O)c(-c2ccccc2)c1C(=O)NC1CC1. The Labute approximate surface area is 109 Å². The van der Waals surface area contributed by atoms with Gasteiger partial charge in [0.15, 0.2) is 5.69 Å². The van der Waals surface area contributed by atoms with Crippen LogP contribution in [0.2, 0.25) is 0 Å². The van der Waals surface area contributed by atoms with Crippen LogP contribution in [-0.2, 0) is 7.05 Å². The number of carbonyl (C=O) groups is 1. The summed E-state index contributed by atoms with van der Waals surface area (Å²) in [6.45, 7) is 0. The molecule has 0 atom stereocenters. The maximum absolute atomic E-state index is 12.2. The predicted octanol–water partition coefficient (Wildman–Crippen LogP) is 1.54. The minimum Gasteiger partial charge on any atom is -0.348 e. The quantitative estimate of drug-likeness (QED) is 0.908. The molecule has 0 saturated heterocycles. The van der Waals surface area contributed by atoms with Crippen LogP contribution in [0.4, 0.5) is 0 Å². The first-order chi connectivity index (χ1) is 9.16. The van der Waals surface area contributed by atoms with E-state index < -0.39 is 5.63 Å². The van der Waals surface area contributed by atoms with E-state index in [0.29, 0.717) is 11.1 Å². The molecule has 1 N–H and O–H groups in total. The standard InChI is InChI=1S/C14H14N2O3/c1-16-12(13(17)15-10-7-8-10)11(14(18)19-16)9-5-3-2-4-6-9/h2-6,10H,7-8H2,1H3,(H,15,17). The van der Waals surface area contributed by atoms with E-state index in [4.69, 9.17) is 4.52 Å². The molecule has 1 fully saturated rings. The average Bonchev–Trinajstić information content (AvgIpc) is 3.14. The summed E-state index contributed by atoms with van der Waals surface area (Å²) >= 11 is 0. The van der Waals surface area contributed by atoms with Crippen molar-refractivity contribution < 1.29 is 9.32 Å². The van der Waals surface area contributed by atoms with Crippen LogP contribution < -0.4 is 10.9 Å². The molecule has 2 aromatic rings. The second-order valence-electron chi connectivity index (χ2n) is 4.71. The fourth-order valence-electron chi connectivity index (χ4n) is 2.07. The highest BCUT2D eigenvalue weighted by Crippen LogP contribution is 2.23. The Morgan fingerprint density at radius 2 is 2.00 bits per heavy atom. The highest BCUT2D eigenvalue weighted by Gasteiger charge is 2.28. The van der Waals surface area contributed by atoms with Crippen molar-refractivity contribution in [2.75, 3.05) is 0 Å². The number of aryl methyl sites for hydroxylation is 1. The molecule has 1 amide bonds. The largest absolute Gasteiger partial charge is 0.366 e. The van der Waals surface area contributed by atoms with Crippen molar-refractivity contribution in [1.82, 2.24) is 10.1 Å². The summed E-state index contributed by atoms with van der Waals surface area (Å²) < 4.78 is 6.26. The molecule has 0 spiro atoms. The van der Waals surface area contributed by atoms with Gasteiger partial charge in [-0.3, -0.25) is 4.79 Å². The van der Waals surface area contributed by atoms with E-state index in [2.05, 4.69) is 5.32 Å². The van der Waals surface area contributed by atoms with Crippen LogP contribution in [0, 0.1) is 0 Å². The molecule has 0 bridgehead atoms. The first-order valence-electron chi connectivity index (χ1n) is 6.23. The summed E-state index contributed by atoms with van der Waals surface area (Å²) in [5, 5.41) is 2.88. The van der Waals surface area contributed by atoms with Gasteiger partial charge in [0.05, 0.1) is 0 Å². The molecule has 98 valence electrons. The van der Waals surface area contributed by atoms with Crippen molar-refractivity contribution in [1.29, 1.82) is 0 Å². The third kappa shape index (κ3) is 2.19. The first-order valence-corrected chi connectivity index (χ1v) is 6.23. The lowest BCUT2D eigenvalue weighted by atomic mass is 10.1. The minimum atomic E-state index is -0.491. The van der Waals surface area contributed by atoms with E-state index in [1.165, 1.54) is 4.74 Å². The molecule has 5 heteroatoms. The van der Waals surface area contributed by atoms with Crippen molar-refractivity contribution in [3.63, 3.8) is 0 Å². The second-order valence-corrected chi connectivity index (χ2v) is 4.71. The predicted molar refractivity (Wildman–Crippen MR) is 69.9 cm³/mol. The average molecular weight is 258 g/mol. The molecule has 1 heterocycles. The van der Waals surface area contributed by atoms with Crippen molar-refractivity contribution in [2.24, 2.45) is 7.05 Å². The number of benzene rings is 1. The second kappa shape index (κ2) is 4.42. The van der Waals surface area contributed by atoms with Crippen molar-refractivity contribution in [2.45, 2.75) is 18.9 Å². The van der Waals surface area contributed by atoms with Gasteiger partial charge in [0.1, 0.15) is 5.56 Å². The molecular weight excluding hydrogens is 244 g/mol. The van der Waals surface area contributed by atoms with Crippen LogP contribution in [0.5, 0.6) is 0 Å². The number of nitrogens with one attached hydrogen (secondary N) is 1. The molecule has 3 rings (SSSR count). The monoisotopic (exact) mass is 258 g/mol. The Morgan fingerprint density at radius 1 is 1.32 bits per heavy atom. The molecule has 5 nitrogen and oxygen atoms in total. The zero-order valence-electron chi connectivity index (χ0n) is 10.6. The fraction of sp³-hybridized carbons (Fsp3) is 0.286. The summed E-state index contributed by atoms with van der Waals surface area (Å²) in [5.41, 5.74) is 0.803. The third-order valence-corrected chi connectivity index (χ3v) is 3.17. The maximum Gasteiger partial charge on any atom is 0.366 e. The topological polar surface area (TPSA) is 64.2 Å². The van der Waals surface area contributed by atoms with E-state index >= 15 is 0 Å². The highest BCUT2D eigenvalue weighted by molar-refractivity contribution is 5.99. The normalized spacial score (nSPS) is 14.4. The fourth-order valence-corrected chi connectivity index (χ4v) is 2.07. The molecule has 1 aromatic heterocycles. The molecule has 1 saturated carbocycles. The van der Waals surface area contributed by atoms with Gasteiger partial charge in [-0.05, 0) is 18.4 Å². The zero-order valence-corrected chi connectivity index (χ0v) is 10.6. The lowest BCUT2D eigenvalue weighted by molar-refractivity contribution is 0.0931. The van der Waals surface area contributed by atoms with Crippen LogP contribution in [0.15, 0.2) is 39.6 Å². The van der Waals surface area contributed by atoms with Gasteiger partial charge in [-0.1, -0.05) is 30.3 Å². The molecule has 19 heavy (non-hydrogen) atoms. The summed E-state index contributed by atoms with van der Waals surface area (Å²) in [6, 6.07) is 9.33.